The summed E-state index contributed by atoms with van der Waals surface area (Å²) in [6, 6.07) is -0.556. The summed E-state index contributed by atoms with van der Waals surface area (Å²) in [5, 5.41) is 9.85. The Morgan fingerprint density at radius 3 is 2.48 bits per heavy atom. The van der Waals surface area contributed by atoms with E-state index in [1.165, 1.54) is 0 Å². The predicted octanol–water partition coefficient (Wildman–Crippen LogP) is 0.0158. The van der Waals surface area contributed by atoms with Crippen molar-refractivity contribution in [2.45, 2.75) is 45.3 Å². The molecule has 0 fully saturated rings. The summed E-state index contributed by atoms with van der Waals surface area (Å²) in [5.74, 6) is -0.597. The van der Waals surface area contributed by atoms with Crippen molar-refractivity contribution in [3.63, 3.8) is 0 Å². The molecule has 0 saturated heterocycles. The van der Waals surface area contributed by atoms with E-state index >= 15 is 0 Å². The van der Waals surface area contributed by atoms with Crippen LogP contribution in [0.2, 0.25) is 0 Å². The number of aliphatic hydroxyl groups excluding tert-OH is 1. The highest BCUT2D eigenvalue weighted by Gasteiger charge is 2.24. The maximum atomic E-state index is 11.7. The zero-order chi connectivity index (χ0) is 16.5. The number of hydrogen-bond acceptors (Lipinski definition) is 6. The van der Waals surface area contributed by atoms with E-state index in [2.05, 4.69) is 17.1 Å². The first kappa shape index (κ1) is 20.5. The number of sulfonamides is 1. The number of ketones is 1. The maximum Gasteiger partial charge on any atom is 0.208 e. The van der Waals surface area contributed by atoms with Gasteiger partial charge in [-0.25, -0.2) is 18.6 Å². The molecule has 0 amide bonds. The number of carbonyl (C=O) groups excluding carboxylic acids is 1. The van der Waals surface area contributed by atoms with Crippen LogP contribution in [0, 0.1) is 12.8 Å². The van der Waals surface area contributed by atoms with Crippen molar-refractivity contribution in [2.75, 3.05) is 19.4 Å². The molecule has 21 heavy (non-hydrogen) atoms. The molecule has 2 atom stereocenters. The standard InChI is InChI=1S/C13H27N2O5S/c1-5-7-14-20-8-6-11(15-21(4,18)19)9-12(16)13(17)10(2)3/h10-12,14-16H,1,5-9H2,2-4H3. The zero-order valence-corrected chi connectivity index (χ0v) is 13.8. The van der Waals surface area contributed by atoms with E-state index in [4.69, 9.17) is 4.84 Å². The van der Waals surface area contributed by atoms with Gasteiger partial charge in [0, 0.05) is 18.5 Å². The van der Waals surface area contributed by atoms with Crippen molar-refractivity contribution in [1.82, 2.24) is 10.2 Å². The summed E-state index contributed by atoms with van der Waals surface area (Å²) in [7, 11) is -3.42. The number of Topliss-reactive ketones (excluding diaryl/α,β-unsaturated/α-hetero) is 1. The van der Waals surface area contributed by atoms with Crippen molar-refractivity contribution in [2.24, 2.45) is 5.92 Å². The molecule has 1 radical (unpaired) electrons. The van der Waals surface area contributed by atoms with E-state index in [9.17, 15) is 18.3 Å². The Morgan fingerprint density at radius 1 is 1.38 bits per heavy atom. The van der Waals surface area contributed by atoms with Crippen LogP contribution in [0.4, 0.5) is 0 Å². The molecule has 0 heterocycles. The molecule has 3 N–H and O–H groups in total. The smallest absolute Gasteiger partial charge is 0.208 e. The van der Waals surface area contributed by atoms with Crippen LogP contribution in [0.3, 0.4) is 0 Å². The third kappa shape index (κ3) is 10.8. The highest BCUT2D eigenvalue weighted by molar-refractivity contribution is 7.88. The van der Waals surface area contributed by atoms with Crippen molar-refractivity contribution >= 4 is 15.8 Å². The summed E-state index contributed by atoms with van der Waals surface area (Å²) < 4.78 is 25.1. The van der Waals surface area contributed by atoms with Gasteiger partial charge in [0.2, 0.25) is 10.0 Å². The van der Waals surface area contributed by atoms with Crippen LogP contribution in [0.25, 0.3) is 0 Å². The minimum atomic E-state index is -3.42. The zero-order valence-electron chi connectivity index (χ0n) is 13.0. The largest absolute Gasteiger partial charge is 0.385 e. The summed E-state index contributed by atoms with van der Waals surface area (Å²) in [6.07, 6.45) is 0.908. The van der Waals surface area contributed by atoms with Gasteiger partial charge in [0.1, 0.15) is 6.10 Å². The van der Waals surface area contributed by atoms with Gasteiger partial charge in [0.05, 0.1) is 12.9 Å². The minimum absolute atomic E-state index is 0.0305. The Balaban J connectivity index is 4.42. The second-order valence-corrected chi connectivity index (χ2v) is 7.06. The van der Waals surface area contributed by atoms with E-state index in [-0.39, 0.29) is 24.7 Å². The average Bonchev–Trinajstić information content (AvgIpc) is 2.35. The van der Waals surface area contributed by atoms with Gasteiger partial charge < -0.3 is 9.94 Å². The first-order chi connectivity index (χ1) is 9.67. The van der Waals surface area contributed by atoms with Crippen LogP contribution in [0.5, 0.6) is 0 Å². The molecule has 0 aromatic rings. The second-order valence-electron chi connectivity index (χ2n) is 5.28. The van der Waals surface area contributed by atoms with Crippen molar-refractivity contribution in [3.8, 4) is 0 Å². The first-order valence-electron chi connectivity index (χ1n) is 7.00. The molecule has 125 valence electrons. The molecule has 0 aliphatic rings. The van der Waals surface area contributed by atoms with Gasteiger partial charge in [-0.15, -0.1) is 0 Å². The van der Waals surface area contributed by atoms with Crippen LogP contribution in [0.1, 0.15) is 33.1 Å². The SMILES string of the molecule is [CH2]CCNOCCC(CC(O)C(=O)C(C)C)NS(C)(=O)=O. The maximum absolute atomic E-state index is 11.7. The Bertz CT molecular complexity index is 397. The van der Waals surface area contributed by atoms with Gasteiger partial charge in [-0.2, -0.15) is 0 Å². The lowest BCUT2D eigenvalue weighted by molar-refractivity contribution is -0.130. The quantitative estimate of drug-likeness (QED) is 0.345. The molecule has 0 rings (SSSR count). The number of hydrogen-bond donors (Lipinski definition) is 3. The van der Waals surface area contributed by atoms with Crippen LogP contribution < -0.4 is 10.2 Å². The molecule has 0 saturated carbocycles. The third-order valence-electron chi connectivity index (χ3n) is 2.74. The topological polar surface area (TPSA) is 105 Å². The summed E-state index contributed by atoms with van der Waals surface area (Å²) in [6.45, 7) is 7.87. The van der Waals surface area contributed by atoms with Crippen LogP contribution >= 0.6 is 0 Å². The van der Waals surface area contributed by atoms with E-state index in [1.807, 2.05) is 0 Å². The van der Waals surface area contributed by atoms with E-state index < -0.39 is 22.2 Å². The fraction of sp³-hybridized carbons (Fsp3) is 0.846. The highest BCUT2D eigenvalue weighted by Crippen LogP contribution is 2.09. The lowest BCUT2D eigenvalue weighted by atomic mass is 9.98. The number of rotatable bonds is 12. The van der Waals surface area contributed by atoms with Gasteiger partial charge in [0.25, 0.3) is 0 Å². The molecule has 0 spiro atoms. The number of carbonyl (C=O) groups is 1. The van der Waals surface area contributed by atoms with Crippen LogP contribution in [0.15, 0.2) is 0 Å². The van der Waals surface area contributed by atoms with E-state index in [0.29, 0.717) is 19.4 Å². The molecule has 0 bridgehead atoms. The van der Waals surface area contributed by atoms with Crippen molar-refractivity contribution < 1.29 is 23.2 Å². The van der Waals surface area contributed by atoms with Crippen molar-refractivity contribution in [3.05, 3.63) is 6.92 Å². The highest BCUT2D eigenvalue weighted by atomic mass is 32.2. The third-order valence-corrected chi connectivity index (χ3v) is 3.50. The average molecular weight is 323 g/mol. The Morgan fingerprint density at radius 2 is 2.00 bits per heavy atom. The Labute approximate surface area is 127 Å². The summed E-state index contributed by atoms with van der Waals surface area (Å²) in [5.41, 5.74) is 2.68. The number of nitrogens with one attached hydrogen (secondary N) is 2. The normalized spacial score (nSPS) is 15.1. The van der Waals surface area contributed by atoms with Gasteiger partial charge in [-0.1, -0.05) is 20.8 Å². The first-order valence-corrected chi connectivity index (χ1v) is 8.89. The van der Waals surface area contributed by atoms with Crippen LogP contribution in [-0.4, -0.2) is 50.9 Å². The minimum Gasteiger partial charge on any atom is -0.385 e. The second kappa shape index (κ2) is 10.2. The number of aliphatic hydroxyl groups is 1. The summed E-state index contributed by atoms with van der Waals surface area (Å²) in [4.78, 5) is 16.8. The van der Waals surface area contributed by atoms with E-state index in [1.54, 1.807) is 13.8 Å². The molecule has 0 aliphatic heterocycles. The van der Waals surface area contributed by atoms with Gasteiger partial charge >= 0.3 is 0 Å². The fourth-order valence-corrected chi connectivity index (χ4v) is 2.54. The summed E-state index contributed by atoms with van der Waals surface area (Å²) >= 11 is 0. The number of hydroxylamine groups is 1. The Kier molecular flexibility index (Phi) is 9.97. The Hall–Kier alpha value is -0.540. The monoisotopic (exact) mass is 323 g/mol. The lowest BCUT2D eigenvalue weighted by Gasteiger charge is -2.21. The lowest BCUT2D eigenvalue weighted by Crippen LogP contribution is -2.40. The molecule has 2 unspecified atom stereocenters. The molecule has 0 aromatic carbocycles. The van der Waals surface area contributed by atoms with Crippen LogP contribution in [-0.2, 0) is 19.7 Å². The van der Waals surface area contributed by atoms with E-state index in [0.717, 1.165) is 6.26 Å². The molecule has 8 heteroatoms. The van der Waals surface area contributed by atoms with Crippen molar-refractivity contribution in [1.29, 1.82) is 0 Å². The van der Waals surface area contributed by atoms with Gasteiger partial charge in [0.15, 0.2) is 5.78 Å². The molecule has 0 aromatic heterocycles. The van der Waals surface area contributed by atoms with Gasteiger partial charge in [-0.05, 0) is 19.3 Å². The fourth-order valence-electron chi connectivity index (χ4n) is 1.72. The molecular weight excluding hydrogens is 296 g/mol. The predicted molar refractivity (Wildman–Crippen MR) is 80.8 cm³/mol. The molecule has 0 aliphatic carbocycles. The molecule has 7 nitrogen and oxygen atoms in total. The molecular formula is C13H27N2O5S. The van der Waals surface area contributed by atoms with Gasteiger partial charge in [-0.3, -0.25) is 4.79 Å².